The van der Waals surface area contributed by atoms with Crippen LogP contribution in [0.25, 0.3) is 0 Å². The summed E-state index contributed by atoms with van der Waals surface area (Å²) in [5, 5.41) is 13.3. The number of aliphatic carboxylic acids is 1. The van der Waals surface area contributed by atoms with Gasteiger partial charge in [-0.1, -0.05) is 0 Å². The van der Waals surface area contributed by atoms with E-state index in [0.717, 1.165) is 0 Å². The topological polar surface area (TPSA) is 87.7 Å². The first kappa shape index (κ1) is 13.7. The van der Waals surface area contributed by atoms with Crippen molar-refractivity contribution in [1.29, 1.82) is 0 Å². The summed E-state index contributed by atoms with van der Waals surface area (Å²) in [5.74, 6) is -0.932. The minimum absolute atomic E-state index is 0.0735. The van der Waals surface area contributed by atoms with Gasteiger partial charge in [0.05, 0.1) is 19.1 Å². The van der Waals surface area contributed by atoms with Crippen molar-refractivity contribution < 1.29 is 19.4 Å². The van der Waals surface area contributed by atoms with Crippen LogP contribution in [0.15, 0.2) is 0 Å². The molecule has 0 fully saturated rings. The first-order valence-corrected chi connectivity index (χ1v) is 4.87. The third-order valence-corrected chi connectivity index (χ3v) is 1.46. The maximum atomic E-state index is 11.0. The smallest absolute Gasteiger partial charge is 0.314 e. The van der Waals surface area contributed by atoms with E-state index in [4.69, 9.17) is 9.84 Å². The molecule has 6 heteroatoms. The molecule has 6 nitrogen and oxygen atoms in total. The van der Waals surface area contributed by atoms with Gasteiger partial charge in [-0.3, -0.25) is 4.79 Å². The number of carboxylic acid groups (broad SMARTS) is 1. The van der Waals surface area contributed by atoms with Crippen molar-refractivity contribution >= 4 is 12.0 Å². The molecule has 0 aliphatic heterocycles. The summed E-state index contributed by atoms with van der Waals surface area (Å²) in [4.78, 5) is 21.1. The average Bonchev–Trinajstić information content (AvgIpc) is 2.11. The lowest BCUT2D eigenvalue weighted by molar-refractivity contribution is -0.136. The lowest BCUT2D eigenvalue weighted by atomic mass is 10.4. The van der Waals surface area contributed by atoms with Crippen LogP contribution in [-0.2, 0) is 9.53 Å². The highest BCUT2D eigenvalue weighted by Crippen LogP contribution is 1.84. The summed E-state index contributed by atoms with van der Waals surface area (Å²) in [7, 11) is 0. The second-order valence-corrected chi connectivity index (χ2v) is 3.25. The Hall–Kier alpha value is -1.30. The summed E-state index contributed by atoms with van der Waals surface area (Å²) >= 11 is 0. The molecule has 15 heavy (non-hydrogen) atoms. The molecule has 0 aromatic heterocycles. The lowest BCUT2D eigenvalue weighted by Gasteiger charge is -2.09. The monoisotopic (exact) mass is 218 g/mol. The second kappa shape index (κ2) is 8.05. The number of nitrogens with one attached hydrogen (secondary N) is 2. The molecule has 0 saturated heterocycles. The van der Waals surface area contributed by atoms with E-state index in [9.17, 15) is 9.59 Å². The molecule has 0 rings (SSSR count). The fraction of sp³-hybridized carbons (Fsp3) is 0.778. The summed E-state index contributed by atoms with van der Waals surface area (Å²) in [6.07, 6.45) is 0.0671. The molecule has 0 aliphatic carbocycles. The van der Waals surface area contributed by atoms with E-state index >= 15 is 0 Å². The molecule has 2 amide bonds. The highest BCUT2D eigenvalue weighted by Gasteiger charge is 2.01. The molecule has 0 bridgehead atoms. The molecular weight excluding hydrogens is 200 g/mol. The average molecular weight is 218 g/mol. The normalized spacial score (nSPS) is 10.1. The summed E-state index contributed by atoms with van der Waals surface area (Å²) in [5.41, 5.74) is 0. The van der Waals surface area contributed by atoms with Crippen LogP contribution < -0.4 is 10.6 Å². The van der Waals surface area contributed by atoms with E-state index in [2.05, 4.69) is 10.6 Å². The zero-order valence-corrected chi connectivity index (χ0v) is 9.08. The number of hydrogen-bond acceptors (Lipinski definition) is 3. The third kappa shape index (κ3) is 10.6. The second-order valence-electron chi connectivity index (χ2n) is 3.25. The molecular formula is C9H18N2O4. The van der Waals surface area contributed by atoms with Crippen LogP contribution in [0.2, 0.25) is 0 Å². The number of ether oxygens (including phenoxy) is 1. The van der Waals surface area contributed by atoms with Gasteiger partial charge in [0.1, 0.15) is 0 Å². The zero-order chi connectivity index (χ0) is 11.7. The predicted octanol–water partition coefficient (Wildman–Crippen LogP) is 0.185. The molecule has 0 unspecified atom stereocenters. The molecule has 0 atom stereocenters. The van der Waals surface area contributed by atoms with Gasteiger partial charge in [0, 0.05) is 13.1 Å². The van der Waals surface area contributed by atoms with E-state index in [-0.39, 0.29) is 25.1 Å². The van der Waals surface area contributed by atoms with E-state index < -0.39 is 5.97 Å². The molecule has 0 saturated carbocycles. The van der Waals surface area contributed by atoms with E-state index in [0.29, 0.717) is 13.2 Å². The van der Waals surface area contributed by atoms with Gasteiger partial charge in [0.2, 0.25) is 0 Å². The predicted molar refractivity (Wildman–Crippen MR) is 54.7 cm³/mol. The maximum Gasteiger partial charge on any atom is 0.314 e. The number of amides is 2. The summed E-state index contributed by atoms with van der Waals surface area (Å²) < 4.78 is 5.20. The Labute approximate surface area is 89.0 Å². The summed E-state index contributed by atoms with van der Waals surface area (Å²) in [6.45, 7) is 4.81. The van der Waals surface area contributed by atoms with Crippen molar-refractivity contribution in [3.63, 3.8) is 0 Å². The molecule has 88 valence electrons. The van der Waals surface area contributed by atoms with E-state index in [1.54, 1.807) is 0 Å². The Morgan fingerprint density at radius 3 is 2.40 bits per heavy atom. The van der Waals surface area contributed by atoms with Crippen LogP contribution in [0.3, 0.4) is 0 Å². The molecule has 0 aromatic rings. The minimum Gasteiger partial charge on any atom is -0.481 e. The zero-order valence-electron chi connectivity index (χ0n) is 9.08. The van der Waals surface area contributed by atoms with Crippen LogP contribution >= 0.6 is 0 Å². The van der Waals surface area contributed by atoms with Crippen molar-refractivity contribution in [2.45, 2.75) is 26.4 Å². The summed E-state index contributed by atoms with van der Waals surface area (Å²) in [6, 6.07) is -0.372. The van der Waals surface area contributed by atoms with Crippen LogP contribution in [0.4, 0.5) is 4.79 Å². The quantitative estimate of drug-likeness (QED) is 0.532. The number of hydrogen-bond donors (Lipinski definition) is 3. The number of rotatable bonds is 7. The van der Waals surface area contributed by atoms with Crippen LogP contribution in [-0.4, -0.2) is 42.9 Å². The number of carboxylic acids is 1. The Bertz CT molecular complexity index is 206. The number of carbonyl (C=O) groups is 2. The van der Waals surface area contributed by atoms with Gasteiger partial charge < -0.3 is 20.5 Å². The van der Waals surface area contributed by atoms with Gasteiger partial charge in [-0.2, -0.15) is 0 Å². The SMILES string of the molecule is CC(C)OCCNC(=O)NCCC(=O)O. The Balaban J connectivity index is 3.30. The highest BCUT2D eigenvalue weighted by atomic mass is 16.5. The van der Waals surface area contributed by atoms with Crippen molar-refractivity contribution in [3.05, 3.63) is 0 Å². The van der Waals surface area contributed by atoms with Gasteiger partial charge in [0.15, 0.2) is 0 Å². The Kier molecular flexibility index (Phi) is 7.35. The van der Waals surface area contributed by atoms with E-state index in [1.165, 1.54) is 0 Å². The van der Waals surface area contributed by atoms with Crippen LogP contribution in [0.1, 0.15) is 20.3 Å². The first-order valence-electron chi connectivity index (χ1n) is 4.87. The highest BCUT2D eigenvalue weighted by molar-refractivity contribution is 5.74. The largest absolute Gasteiger partial charge is 0.481 e. The molecule has 0 spiro atoms. The van der Waals surface area contributed by atoms with Crippen molar-refractivity contribution in [2.24, 2.45) is 0 Å². The Morgan fingerprint density at radius 1 is 1.27 bits per heavy atom. The van der Waals surface area contributed by atoms with E-state index in [1.807, 2.05) is 13.8 Å². The van der Waals surface area contributed by atoms with Crippen LogP contribution in [0.5, 0.6) is 0 Å². The van der Waals surface area contributed by atoms with Crippen molar-refractivity contribution in [2.75, 3.05) is 19.7 Å². The van der Waals surface area contributed by atoms with Gasteiger partial charge in [0.25, 0.3) is 0 Å². The fourth-order valence-electron chi connectivity index (χ4n) is 0.805. The van der Waals surface area contributed by atoms with Crippen molar-refractivity contribution in [3.8, 4) is 0 Å². The number of urea groups is 1. The minimum atomic E-state index is -0.932. The standard InChI is InChI=1S/C9H18N2O4/c1-7(2)15-6-5-11-9(14)10-4-3-8(12)13/h7H,3-6H2,1-2H3,(H,12,13)(H2,10,11,14). The van der Waals surface area contributed by atoms with Gasteiger partial charge in [-0.25, -0.2) is 4.79 Å². The number of carbonyl (C=O) groups excluding carboxylic acids is 1. The van der Waals surface area contributed by atoms with Crippen molar-refractivity contribution in [1.82, 2.24) is 10.6 Å². The van der Waals surface area contributed by atoms with Gasteiger partial charge >= 0.3 is 12.0 Å². The van der Waals surface area contributed by atoms with Gasteiger partial charge in [-0.15, -0.1) is 0 Å². The molecule has 0 radical (unpaired) electrons. The van der Waals surface area contributed by atoms with Gasteiger partial charge in [-0.05, 0) is 13.8 Å². The molecule has 0 aliphatic rings. The first-order chi connectivity index (χ1) is 7.02. The molecule has 3 N–H and O–H groups in total. The van der Waals surface area contributed by atoms with Crippen LogP contribution in [0, 0.1) is 0 Å². The third-order valence-electron chi connectivity index (χ3n) is 1.46. The fourth-order valence-corrected chi connectivity index (χ4v) is 0.805. The maximum absolute atomic E-state index is 11.0. The molecule has 0 aromatic carbocycles. The molecule has 0 heterocycles. The lowest BCUT2D eigenvalue weighted by Crippen LogP contribution is -2.38. The Morgan fingerprint density at radius 2 is 1.87 bits per heavy atom.